The highest BCUT2D eigenvalue weighted by molar-refractivity contribution is 7.13. The van der Waals surface area contributed by atoms with Gasteiger partial charge in [-0.05, 0) is 35.6 Å². The minimum atomic E-state index is -0.391. The van der Waals surface area contributed by atoms with E-state index in [2.05, 4.69) is 15.6 Å². The summed E-state index contributed by atoms with van der Waals surface area (Å²) in [6.07, 6.45) is 1.52. The van der Waals surface area contributed by atoms with E-state index in [1.54, 1.807) is 29.5 Å². The predicted molar refractivity (Wildman–Crippen MR) is 112 cm³/mol. The fraction of sp³-hybridized carbons (Fsp3) is 0.238. The Morgan fingerprint density at radius 1 is 1.20 bits per heavy atom. The van der Waals surface area contributed by atoms with Crippen molar-refractivity contribution < 1.29 is 13.7 Å². The third-order valence-electron chi connectivity index (χ3n) is 4.64. The Balaban J connectivity index is 1.52. The number of hydrogen-bond donors (Lipinski definition) is 1. The quantitative estimate of drug-likeness (QED) is 0.485. The van der Waals surface area contributed by atoms with E-state index in [9.17, 15) is 9.59 Å². The fourth-order valence-corrected chi connectivity index (χ4v) is 3.59. The molecule has 4 aromatic rings. The third kappa shape index (κ3) is 4.25. The molecule has 0 saturated heterocycles. The molecule has 0 aliphatic rings. The summed E-state index contributed by atoms with van der Waals surface area (Å²) in [5, 5.41) is 13.2. The number of carbonyl (C=O) groups is 1. The first kappa shape index (κ1) is 19.8. The van der Waals surface area contributed by atoms with Crippen molar-refractivity contribution in [2.75, 3.05) is 0 Å². The van der Waals surface area contributed by atoms with Crippen LogP contribution in [0.15, 0.2) is 67.8 Å². The second-order valence-electron chi connectivity index (χ2n) is 7.09. The van der Waals surface area contributed by atoms with Gasteiger partial charge in [0.15, 0.2) is 11.5 Å². The highest BCUT2D eigenvalue weighted by Crippen LogP contribution is 2.22. The molecule has 8 nitrogen and oxygen atoms in total. The molecule has 154 valence electrons. The van der Waals surface area contributed by atoms with E-state index >= 15 is 0 Å². The molecular weight excluding hydrogens is 404 g/mol. The van der Waals surface area contributed by atoms with E-state index in [0.717, 1.165) is 10.6 Å². The Kier molecular flexibility index (Phi) is 5.62. The van der Waals surface area contributed by atoms with Gasteiger partial charge in [0, 0.05) is 12.1 Å². The van der Waals surface area contributed by atoms with Gasteiger partial charge in [0.05, 0.1) is 23.7 Å². The molecule has 0 bridgehead atoms. The van der Waals surface area contributed by atoms with E-state index < -0.39 is 5.91 Å². The monoisotopic (exact) mass is 424 g/mol. The van der Waals surface area contributed by atoms with Gasteiger partial charge < -0.3 is 14.3 Å². The van der Waals surface area contributed by atoms with Crippen LogP contribution >= 0.6 is 11.3 Å². The normalized spacial score (nSPS) is 12.2. The van der Waals surface area contributed by atoms with Gasteiger partial charge in [-0.3, -0.25) is 9.59 Å². The molecular formula is C21H20N4O4S. The molecule has 4 heterocycles. The minimum Gasteiger partial charge on any atom is -0.461 e. The van der Waals surface area contributed by atoms with E-state index in [0.29, 0.717) is 11.5 Å². The third-order valence-corrected chi connectivity index (χ3v) is 5.53. The molecule has 1 amide bonds. The maximum Gasteiger partial charge on any atom is 0.273 e. The summed E-state index contributed by atoms with van der Waals surface area (Å²) < 4.78 is 11.8. The standard InChI is InChI=1S/C21H20N4O4S/c1-13(2)16(12-25-20(26)8-7-14(23-25)19-6-4-10-30-19)22-21(27)15-11-18(29-24-15)17-5-3-9-28-17/h3-11,13,16H,12H2,1-2H3,(H,22,27)/t16-/m0/s1. The van der Waals surface area contributed by atoms with Crippen molar-refractivity contribution in [3.05, 3.63) is 70.2 Å². The Morgan fingerprint density at radius 2 is 2.07 bits per heavy atom. The summed E-state index contributed by atoms with van der Waals surface area (Å²) in [4.78, 5) is 26.0. The Hall–Kier alpha value is -3.46. The van der Waals surface area contributed by atoms with Crippen LogP contribution in [-0.2, 0) is 6.54 Å². The van der Waals surface area contributed by atoms with Crippen LogP contribution in [0.1, 0.15) is 24.3 Å². The average Bonchev–Trinajstić information content (AvgIpc) is 3.50. The van der Waals surface area contributed by atoms with Gasteiger partial charge in [-0.1, -0.05) is 25.1 Å². The number of rotatable bonds is 7. The van der Waals surface area contributed by atoms with E-state index in [4.69, 9.17) is 8.94 Å². The number of nitrogens with one attached hydrogen (secondary N) is 1. The fourth-order valence-electron chi connectivity index (χ4n) is 2.90. The van der Waals surface area contributed by atoms with Gasteiger partial charge in [0.2, 0.25) is 5.76 Å². The van der Waals surface area contributed by atoms with Crippen LogP contribution in [0.3, 0.4) is 0 Å². The smallest absolute Gasteiger partial charge is 0.273 e. The highest BCUT2D eigenvalue weighted by atomic mass is 32.1. The Labute approximate surface area is 176 Å². The molecule has 0 aliphatic heterocycles. The Bertz CT molecular complexity index is 1180. The van der Waals surface area contributed by atoms with Crippen LogP contribution < -0.4 is 10.9 Å². The summed E-state index contributed by atoms with van der Waals surface area (Å²) in [5.41, 5.74) is 0.634. The summed E-state index contributed by atoms with van der Waals surface area (Å²) in [6, 6.07) is 11.7. The van der Waals surface area contributed by atoms with Gasteiger partial charge in [-0.2, -0.15) is 5.10 Å². The summed E-state index contributed by atoms with van der Waals surface area (Å²) in [5.74, 6) is 0.526. The van der Waals surface area contributed by atoms with Crippen LogP contribution in [0, 0.1) is 5.92 Å². The first-order valence-electron chi connectivity index (χ1n) is 9.45. The lowest BCUT2D eigenvalue weighted by Gasteiger charge is -2.22. The van der Waals surface area contributed by atoms with Gasteiger partial charge >= 0.3 is 0 Å². The highest BCUT2D eigenvalue weighted by Gasteiger charge is 2.22. The minimum absolute atomic E-state index is 0.0597. The van der Waals surface area contributed by atoms with Crippen LogP contribution in [-0.4, -0.2) is 26.9 Å². The van der Waals surface area contributed by atoms with Crippen molar-refractivity contribution in [2.45, 2.75) is 26.4 Å². The lowest BCUT2D eigenvalue weighted by molar-refractivity contribution is 0.0909. The van der Waals surface area contributed by atoms with Crippen LogP contribution in [0.2, 0.25) is 0 Å². The zero-order valence-corrected chi connectivity index (χ0v) is 17.3. The van der Waals surface area contributed by atoms with Crippen molar-refractivity contribution in [3.8, 4) is 22.1 Å². The number of nitrogens with zero attached hydrogens (tertiary/aromatic N) is 3. The van der Waals surface area contributed by atoms with Crippen molar-refractivity contribution in [1.29, 1.82) is 0 Å². The first-order valence-corrected chi connectivity index (χ1v) is 10.3. The molecule has 0 aromatic carbocycles. The van der Waals surface area contributed by atoms with E-state index in [1.165, 1.54) is 23.1 Å². The topological polar surface area (TPSA) is 103 Å². The van der Waals surface area contributed by atoms with Gasteiger partial charge in [-0.25, -0.2) is 4.68 Å². The van der Waals surface area contributed by atoms with E-state index in [-0.39, 0.29) is 29.8 Å². The zero-order valence-electron chi connectivity index (χ0n) is 16.4. The van der Waals surface area contributed by atoms with Crippen molar-refractivity contribution in [1.82, 2.24) is 20.3 Å². The van der Waals surface area contributed by atoms with Crippen LogP contribution in [0.25, 0.3) is 22.1 Å². The lowest BCUT2D eigenvalue weighted by Crippen LogP contribution is -2.44. The van der Waals surface area contributed by atoms with Crippen LogP contribution in [0.5, 0.6) is 0 Å². The van der Waals surface area contributed by atoms with Gasteiger partial charge in [-0.15, -0.1) is 11.3 Å². The maximum atomic E-state index is 12.7. The molecule has 0 unspecified atom stereocenters. The van der Waals surface area contributed by atoms with Crippen molar-refractivity contribution in [2.24, 2.45) is 5.92 Å². The zero-order chi connectivity index (χ0) is 21.1. The molecule has 4 rings (SSSR count). The molecule has 0 fully saturated rings. The first-order chi connectivity index (χ1) is 14.5. The number of furan rings is 1. The maximum absolute atomic E-state index is 12.7. The molecule has 0 aliphatic carbocycles. The predicted octanol–water partition coefficient (Wildman–Crippen LogP) is 3.67. The number of carbonyl (C=O) groups excluding carboxylic acids is 1. The summed E-state index contributed by atoms with van der Waals surface area (Å²) >= 11 is 1.55. The molecule has 1 atom stereocenters. The second-order valence-corrected chi connectivity index (χ2v) is 8.04. The Morgan fingerprint density at radius 3 is 2.77 bits per heavy atom. The molecule has 9 heteroatoms. The molecule has 0 spiro atoms. The molecule has 0 saturated carbocycles. The largest absolute Gasteiger partial charge is 0.461 e. The SMILES string of the molecule is CC(C)[C@H](Cn1nc(-c2cccs2)ccc1=O)NC(=O)c1cc(-c2ccco2)on1. The average molecular weight is 424 g/mol. The number of hydrogen-bond acceptors (Lipinski definition) is 7. The summed E-state index contributed by atoms with van der Waals surface area (Å²) in [6.45, 7) is 4.18. The van der Waals surface area contributed by atoms with E-state index in [1.807, 2.05) is 31.4 Å². The molecule has 4 aromatic heterocycles. The van der Waals surface area contributed by atoms with Crippen molar-refractivity contribution >= 4 is 17.2 Å². The molecule has 1 N–H and O–H groups in total. The lowest BCUT2D eigenvalue weighted by atomic mass is 10.0. The van der Waals surface area contributed by atoms with Crippen molar-refractivity contribution in [3.63, 3.8) is 0 Å². The second kappa shape index (κ2) is 8.50. The molecule has 0 radical (unpaired) electrons. The molecule has 30 heavy (non-hydrogen) atoms. The van der Waals surface area contributed by atoms with Gasteiger partial charge in [0.1, 0.15) is 5.69 Å². The number of amides is 1. The number of thiophene rings is 1. The van der Waals surface area contributed by atoms with Crippen LogP contribution in [0.4, 0.5) is 0 Å². The number of aromatic nitrogens is 3. The van der Waals surface area contributed by atoms with Gasteiger partial charge in [0.25, 0.3) is 11.5 Å². The summed E-state index contributed by atoms with van der Waals surface area (Å²) in [7, 11) is 0.